The van der Waals surface area contributed by atoms with Crippen molar-refractivity contribution >= 4 is 0 Å². The van der Waals surface area contributed by atoms with E-state index in [4.69, 9.17) is 4.74 Å². The van der Waals surface area contributed by atoms with Crippen LogP contribution in [0.2, 0.25) is 0 Å². The standard InChI is InChI=1S/C14H20F2O2/c1-3-5-14(18-4-2)13(17)8-10-6-11(15)9-12(16)7-10/h6-7,9,13-14,17H,3-5,8H2,1-2H3. The number of rotatable bonds is 7. The molecule has 0 aliphatic rings. The molecule has 1 N–H and O–H groups in total. The number of ether oxygens (including phenoxy) is 1. The molecule has 2 nitrogen and oxygen atoms in total. The summed E-state index contributed by atoms with van der Waals surface area (Å²) in [5.41, 5.74) is 0.445. The third kappa shape index (κ3) is 4.70. The normalized spacial score (nSPS) is 14.5. The quantitative estimate of drug-likeness (QED) is 0.814. The van der Waals surface area contributed by atoms with E-state index in [1.807, 2.05) is 13.8 Å². The number of hydrogen-bond donors (Lipinski definition) is 1. The second kappa shape index (κ2) is 7.44. The fourth-order valence-electron chi connectivity index (χ4n) is 1.99. The zero-order valence-electron chi connectivity index (χ0n) is 10.8. The van der Waals surface area contributed by atoms with Gasteiger partial charge in [-0.15, -0.1) is 0 Å². The summed E-state index contributed by atoms with van der Waals surface area (Å²) in [4.78, 5) is 0. The number of benzene rings is 1. The first-order valence-electron chi connectivity index (χ1n) is 6.31. The lowest BCUT2D eigenvalue weighted by atomic mass is 10.0. The fraction of sp³-hybridized carbons (Fsp3) is 0.571. The fourth-order valence-corrected chi connectivity index (χ4v) is 1.99. The Morgan fingerprint density at radius 1 is 1.17 bits per heavy atom. The summed E-state index contributed by atoms with van der Waals surface area (Å²) < 4.78 is 31.5. The van der Waals surface area contributed by atoms with E-state index in [9.17, 15) is 13.9 Å². The van der Waals surface area contributed by atoms with Crippen LogP contribution in [-0.4, -0.2) is 23.9 Å². The molecule has 0 fully saturated rings. The summed E-state index contributed by atoms with van der Waals surface area (Å²) >= 11 is 0. The molecule has 1 aromatic carbocycles. The van der Waals surface area contributed by atoms with Crippen molar-refractivity contribution in [2.45, 2.75) is 45.3 Å². The Labute approximate surface area is 107 Å². The van der Waals surface area contributed by atoms with Gasteiger partial charge < -0.3 is 9.84 Å². The molecule has 18 heavy (non-hydrogen) atoms. The number of aliphatic hydroxyl groups excluding tert-OH is 1. The number of halogens is 2. The summed E-state index contributed by atoms with van der Waals surface area (Å²) in [6, 6.07) is 3.30. The first-order chi connectivity index (χ1) is 8.56. The molecule has 0 amide bonds. The number of hydrogen-bond acceptors (Lipinski definition) is 2. The van der Waals surface area contributed by atoms with Crippen LogP contribution in [0, 0.1) is 11.6 Å². The molecule has 0 saturated heterocycles. The van der Waals surface area contributed by atoms with E-state index in [1.54, 1.807) is 0 Å². The van der Waals surface area contributed by atoms with Crippen LogP contribution in [0.4, 0.5) is 8.78 Å². The topological polar surface area (TPSA) is 29.5 Å². The molecule has 0 spiro atoms. The minimum atomic E-state index is -0.744. The van der Waals surface area contributed by atoms with Gasteiger partial charge in [-0.2, -0.15) is 0 Å². The van der Waals surface area contributed by atoms with Crippen molar-refractivity contribution in [2.75, 3.05) is 6.61 Å². The molecule has 0 saturated carbocycles. The predicted octanol–water partition coefficient (Wildman–Crippen LogP) is 3.07. The molecule has 102 valence electrons. The molecule has 0 aliphatic heterocycles. The van der Waals surface area contributed by atoms with E-state index in [1.165, 1.54) is 12.1 Å². The maximum absolute atomic E-state index is 13.0. The summed E-state index contributed by atoms with van der Waals surface area (Å²) in [6.45, 7) is 4.37. The maximum atomic E-state index is 13.0. The molecule has 1 aromatic rings. The average molecular weight is 258 g/mol. The molecule has 0 heterocycles. The Bertz CT molecular complexity index is 343. The molecule has 0 aromatic heterocycles. The molecule has 0 aliphatic carbocycles. The Hall–Kier alpha value is -1.00. The number of aliphatic hydroxyl groups is 1. The van der Waals surface area contributed by atoms with Crippen LogP contribution in [0.25, 0.3) is 0 Å². The van der Waals surface area contributed by atoms with Crippen molar-refractivity contribution in [3.05, 3.63) is 35.4 Å². The van der Waals surface area contributed by atoms with Crippen LogP contribution in [0.3, 0.4) is 0 Å². The highest BCUT2D eigenvalue weighted by molar-refractivity contribution is 5.18. The van der Waals surface area contributed by atoms with Gasteiger partial charge in [-0.1, -0.05) is 13.3 Å². The van der Waals surface area contributed by atoms with Gasteiger partial charge in [0.2, 0.25) is 0 Å². The lowest BCUT2D eigenvalue weighted by Gasteiger charge is -2.22. The van der Waals surface area contributed by atoms with Gasteiger partial charge >= 0.3 is 0 Å². The van der Waals surface area contributed by atoms with Gasteiger partial charge in [0.1, 0.15) is 11.6 Å². The van der Waals surface area contributed by atoms with Gasteiger partial charge in [0, 0.05) is 19.1 Å². The molecule has 0 radical (unpaired) electrons. The van der Waals surface area contributed by atoms with Crippen LogP contribution in [0.15, 0.2) is 18.2 Å². The van der Waals surface area contributed by atoms with E-state index < -0.39 is 17.7 Å². The Morgan fingerprint density at radius 2 is 1.78 bits per heavy atom. The summed E-state index contributed by atoms with van der Waals surface area (Å²) in [5.74, 6) is -1.25. The van der Waals surface area contributed by atoms with E-state index in [0.717, 1.165) is 18.9 Å². The Morgan fingerprint density at radius 3 is 2.28 bits per heavy atom. The molecule has 2 unspecified atom stereocenters. The van der Waals surface area contributed by atoms with Crippen LogP contribution < -0.4 is 0 Å². The molecule has 0 bridgehead atoms. The van der Waals surface area contributed by atoms with Crippen molar-refractivity contribution in [1.82, 2.24) is 0 Å². The average Bonchev–Trinajstić information content (AvgIpc) is 2.27. The van der Waals surface area contributed by atoms with Gasteiger partial charge in [0.05, 0.1) is 12.2 Å². The lowest BCUT2D eigenvalue weighted by Crippen LogP contribution is -2.31. The largest absolute Gasteiger partial charge is 0.390 e. The first kappa shape index (κ1) is 15.1. The summed E-state index contributed by atoms with van der Waals surface area (Å²) in [5, 5.41) is 10.0. The van der Waals surface area contributed by atoms with Gasteiger partial charge in [-0.05, 0) is 31.0 Å². The summed E-state index contributed by atoms with van der Waals surface area (Å²) in [7, 11) is 0. The second-order valence-electron chi connectivity index (χ2n) is 4.33. The molecule has 2 atom stereocenters. The van der Waals surface area contributed by atoms with Crippen molar-refractivity contribution in [1.29, 1.82) is 0 Å². The zero-order chi connectivity index (χ0) is 13.5. The van der Waals surface area contributed by atoms with Gasteiger partial charge in [-0.3, -0.25) is 0 Å². The highest BCUT2D eigenvalue weighted by Gasteiger charge is 2.19. The van der Waals surface area contributed by atoms with Crippen molar-refractivity contribution in [3.8, 4) is 0 Å². The minimum absolute atomic E-state index is 0.194. The summed E-state index contributed by atoms with van der Waals surface area (Å²) in [6.07, 6.45) is 0.781. The first-order valence-corrected chi connectivity index (χ1v) is 6.31. The third-order valence-corrected chi connectivity index (χ3v) is 2.75. The van der Waals surface area contributed by atoms with Gasteiger partial charge in [0.25, 0.3) is 0 Å². The highest BCUT2D eigenvalue weighted by atomic mass is 19.1. The second-order valence-corrected chi connectivity index (χ2v) is 4.33. The molecular weight excluding hydrogens is 238 g/mol. The van der Waals surface area contributed by atoms with Crippen molar-refractivity contribution < 1.29 is 18.6 Å². The SMILES string of the molecule is CCCC(OCC)C(O)Cc1cc(F)cc(F)c1. The van der Waals surface area contributed by atoms with E-state index in [2.05, 4.69) is 0 Å². The molecule has 1 rings (SSSR count). The smallest absolute Gasteiger partial charge is 0.126 e. The zero-order valence-corrected chi connectivity index (χ0v) is 10.8. The van der Waals surface area contributed by atoms with Crippen molar-refractivity contribution in [2.24, 2.45) is 0 Å². The van der Waals surface area contributed by atoms with E-state index >= 15 is 0 Å². The molecule has 4 heteroatoms. The minimum Gasteiger partial charge on any atom is -0.390 e. The van der Waals surface area contributed by atoms with Crippen LogP contribution in [0.1, 0.15) is 32.3 Å². The Kier molecular flexibility index (Phi) is 6.22. The third-order valence-electron chi connectivity index (χ3n) is 2.75. The predicted molar refractivity (Wildman–Crippen MR) is 66.4 cm³/mol. The Balaban J connectivity index is 2.68. The van der Waals surface area contributed by atoms with Gasteiger partial charge in [-0.25, -0.2) is 8.78 Å². The lowest BCUT2D eigenvalue weighted by molar-refractivity contribution is -0.0363. The van der Waals surface area contributed by atoms with Crippen LogP contribution in [0.5, 0.6) is 0 Å². The van der Waals surface area contributed by atoms with Crippen LogP contribution >= 0.6 is 0 Å². The highest BCUT2D eigenvalue weighted by Crippen LogP contribution is 2.15. The van der Waals surface area contributed by atoms with Gasteiger partial charge in [0.15, 0.2) is 0 Å². The molecular formula is C14H20F2O2. The van der Waals surface area contributed by atoms with E-state index in [-0.39, 0.29) is 12.5 Å². The maximum Gasteiger partial charge on any atom is 0.126 e. The van der Waals surface area contributed by atoms with Crippen LogP contribution in [-0.2, 0) is 11.2 Å². The monoisotopic (exact) mass is 258 g/mol. The van der Waals surface area contributed by atoms with Crippen molar-refractivity contribution in [3.63, 3.8) is 0 Å². The van der Waals surface area contributed by atoms with E-state index in [0.29, 0.717) is 12.2 Å².